The summed E-state index contributed by atoms with van der Waals surface area (Å²) in [5.74, 6) is 0.452. The largest absolute Gasteiger partial charge is 0.465 e. The van der Waals surface area contributed by atoms with Gasteiger partial charge in [0.05, 0.1) is 12.7 Å². The number of esters is 1. The molecule has 0 aliphatic rings. The highest BCUT2D eigenvalue weighted by atomic mass is 35.5. The van der Waals surface area contributed by atoms with E-state index < -0.39 is 0 Å². The van der Waals surface area contributed by atoms with Crippen LogP contribution in [0.4, 0.5) is 0 Å². The Labute approximate surface area is 175 Å². The molecule has 0 saturated carbocycles. The fourth-order valence-corrected chi connectivity index (χ4v) is 3.53. The summed E-state index contributed by atoms with van der Waals surface area (Å²) in [5, 5.41) is 0.245. The van der Waals surface area contributed by atoms with Crippen LogP contribution < -0.4 is 0 Å². The van der Waals surface area contributed by atoms with E-state index in [9.17, 15) is 9.59 Å². The van der Waals surface area contributed by atoms with Gasteiger partial charge in [-0.15, -0.1) is 0 Å². The van der Waals surface area contributed by atoms with Crippen LogP contribution in [0.1, 0.15) is 52.0 Å². The molecular formula is C23H23ClN2O3. The Morgan fingerprint density at radius 1 is 1.17 bits per heavy atom. The molecule has 3 rings (SSSR count). The molecule has 5 nitrogen and oxygen atoms in total. The molecule has 0 bridgehead atoms. The fourth-order valence-electron chi connectivity index (χ4n) is 3.29. The SMILES string of the molecule is CCCCc1nc(Cl)c(C=O)n1Cc1ccc(-c2ccccc2C(=O)OC)cc1. The number of aryl methyl sites for hydroxylation is 1. The number of ether oxygens (including phenoxy) is 1. The molecule has 1 heterocycles. The number of rotatable bonds is 8. The molecule has 0 fully saturated rings. The molecule has 150 valence electrons. The highest BCUT2D eigenvalue weighted by Gasteiger charge is 2.16. The highest BCUT2D eigenvalue weighted by molar-refractivity contribution is 6.31. The number of halogens is 1. The number of carbonyl (C=O) groups excluding carboxylic acids is 2. The number of hydrogen-bond acceptors (Lipinski definition) is 4. The second kappa shape index (κ2) is 9.52. The minimum atomic E-state index is -0.367. The van der Waals surface area contributed by atoms with Crippen LogP contribution in [-0.4, -0.2) is 28.9 Å². The lowest BCUT2D eigenvalue weighted by molar-refractivity contribution is 0.0601. The molecule has 0 aliphatic carbocycles. The summed E-state index contributed by atoms with van der Waals surface area (Å²) in [6.07, 6.45) is 3.55. The van der Waals surface area contributed by atoms with Crippen LogP contribution in [0.3, 0.4) is 0 Å². The van der Waals surface area contributed by atoms with Gasteiger partial charge in [0.25, 0.3) is 0 Å². The standard InChI is InChI=1S/C23H23ClN2O3/c1-3-4-9-21-25-22(24)20(15-27)26(21)14-16-10-12-17(13-11-16)18-7-5-6-8-19(18)23(28)29-2/h5-8,10-13,15H,3-4,9,14H2,1-2H3. The molecule has 0 radical (unpaired) electrons. The number of methoxy groups -OCH3 is 1. The number of benzene rings is 2. The monoisotopic (exact) mass is 410 g/mol. The molecule has 6 heteroatoms. The number of aldehydes is 1. The number of carbonyl (C=O) groups is 2. The Balaban J connectivity index is 1.90. The van der Waals surface area contributed by atoms with E-state index in [2.05, 4.69) is 11.9 Å². The van der Waals surface area contributed by atoms with Crippen molar-refractivity contribution in [1.82, 2.24) is 9.55 Å². The van der Waals surface area contributed by atoms with Crippen LogP contribution in [-0.2, 0) is 17.7 Å². The van der Waals surface area contributed by atoms with Gasteiger partial charge in [-0.25, -0.2) is 9.78 Å². The van der Waals surface area contributed by atoms with Crippen LogP contribution in [0.5, 0.6) is 0 Å². The van der Waals surface area contributed by atoms with Gasteiger partial charge in [0.2, 0.25) is 0 Å². The smallest absolute Gasteiger partial charge is 0.338 e. The molecule has 0 aliphatic heterocycles. The Bertz CT molecular complexity index is 1010. The van der Waals surface area contributed by atoms with Crippen molar-refractivity contribution in [3.8, 4) is 11.1 Å². The van der Waals surface area contributed by atoms with E-state index in [1.165, 1.54) is 7.11 Å². The lowest BCUT2D eigenvalue weighted by Gasteiger charge is -2.11. The number of nitrogens with zero attached hydrogens (tertiary/aromatic N) is 2. The summed E-state index contributed by atoms with van der Waals surface area (Å²) in [4.78, 5) is 27.9. The first-order chi connectivity index (χ1) is 14.1. The molecule has 0 unspecified atom stereocenters. The summed E-state index contributed by atoms with van der Waals surface area (Å²) < 4.78 is 6.76. The Kier molecular flexibility index (Phi) is 6.83. The molecule has 2 aromatic carbocycles. The molecule has 1 aromatic heterocycles. The first kappa shape index (κ1) is 20.8. The van der Waals surface area contributed by atoms with Gasteiger partial charge in [0, 0.05) is 13.0 Å². The molecular weight excluding hydrogens is 388 g/mol. The average molecular weight is 411 g/mol. The molecule has 29 heavy (non-hydrogen) atoms. The lowest BCUT2D eigenvalue weighted by Crippen LogP contribution is -2.09. The zero-order chi connectivity index (χ0) is 20.8. The van der Waals surface area contributed by atoms with E-state index in [0.717, 1.165) is 48.1 Å². The first-order valence-corrected chi connectivity index (χ1v) is 9.93. The van der Waals surface area contributed by atoms with E-state index in [0.29, 0.717) is 17.8 Å². The van der Waals surface area contributed by atoms with Gasteiger partial charge in [0.15, 0.2) is 11.4 Å². The summed E-state index contributed by atoms with van der Waals surface area (Å²) >= 11 is 6.15. The molecule has 0 N–H and O–H groups in total. The lowest BCUT2D eigenvalue weighted by atomic mass is 9.98. The van der Waals surface area contributed by atoms with Gasteiger partial charge in [-0.05, 0) is 29.2 Å². The first-order valence-electron chi connectivity index (χ1n) is 9.55. The summed E-state index contributed by atoms with van der Waals surface area (Å²) in [7, 11) is 1.37. The van der Waals surface area contributed by atoms with Crippen molar-refractivity contribution in [2.75, 3.05) is 7.11 Å². The number of aromatic nitrogens is 2. The molecule has 3 aromatic rings. The third-order valence-corrected chi connectivity index (χ3v) is 5.12. The normalized spacial score (nSPS) is 10.7. The van der Waals surface area contributed by atoms with E-state index in [1.807, 2.05) is 47.0 Å². The van der Waals surface area contributed by atoms with Crippen LogP contribution in [0.15, 0.2) is 48.5 Å². The number of unbranched alkanes of at least 4 members (excludes halogenated alkanes) is 1. The highest BCUT2D eigenvalue weighted by Crippen LogP contribution is 2.26. The summed E-state index contributed by atoms with van der Waals surface area (Å²) in [6.45, 7) is 2.62. The molecule has 0 spiro atoms. The maximum atomic E-state index is 12.0. The molecule has 0 atom stereocenters. The van der Waals surface area contributed by atoms with Gasteiger partial charge in [-0.2, -0.15) is 0 Å². The third-order valence-electron chi connectivity index (χ3n) is 4.84. The van der Waals surface area contributed by atoms with Crippen LogP contribution in [0.2, 0.25) is 5.15 Å². The minimum absolute atomic E-state index is 0.245. The van der Waals surface area contributed by atoms with E-state index in [1.54, 1.807) is 6.07 Å². The fraction of sp³-hybridized carbons (Fsp3) is 0.261. The van der Waals surface area contributed by atoms with Crippen molar-refractivity contribution in [3.05, 3.63) is 76.3 Å². The van der Waals surface area contributed by atoms with Crippen LogP contribution in [0.25, 0.3) is 11.1 Å². The van der Waals surface area contributed by atoms with Gasteiger partial charge < -0.3 is 9.30 Å². The minimum Gasteiger partial charge on any atom is -0.465 e. The van der Waals surface area contributed by atoms with E-state index in [-0.39, 0.29) is 11.1 Å². The molecule has 0 saturated heterocycles. The zero-order valence-corrected chi connectivity index (χ0v) is 17.3. The second-order valence-electron chi connectivity index (χ2n) is 6.75. The third kappa shape index (κ3) is 4.57. The zero-order valence-electron chi connectivity index (χ0n) is 16.5. The van der Waals surface area contributed by atoms with Crippen molar-refractivity contribution in [3.63, 3.8) is 0 Å². The van der Waals surface area contributed by atoms with Crippen molar-refractivity contribution in [1.29, 1.82) is 0 Å². The van der Waals surface area contributed by atoms with Gasteiger partial charge >= 0.3 is 5.97 Å². The predicted octanol–water partition coefficient (Wildman–Crippen LogP) is 5.19. The van der Waals surface area contributed by atoms with Crippen molar-refractivity contribution >= 4 is 23.9 Å². The van der Waals surface area contributed by atoms with Crippen molar-refractivity contribution in [2.24, 2.45) is 0 Å². The second-order valence-corrected chi connectivity index (χ2v) is 7.10. The average Bonchev–Trinajstić information content (AvgIpc) is 3.06. The number of hydrogen-bond donors (Lipinski definition) is 0. The van der Waals surface area contributed by atoms with Crippen molar-refractivity contribution < 1.29 is 14.3 Å². The van der Waals surface area contributed by atoms with E-state index in [4.69, 9.17) is 16.3 Å². The maximum absolute atomic E-state index is 12.0. The van der Waals surface area contributed by atoms with Gasteiger partial charge in [-0.1, -0.05) is 67.4 Å². The molecule has 0 amide bonds. The Morgan fingerprint density at radius 2 is 1.90 bits per heavy atom. The van der Waals surface area contributed by atoms with E-state index >= 15 is 0 Å². The predicted molar refractivity (Wildman–Crippen MR) is 114 cm³/mol. The summed E-state index contributed by atoms with van der Waals surface area (Å²) in [5.41, 5.74) is 3.67. The maximum Gasteiger partial charge on any atom is 0.338 e. The van der Waals surface area contributed by atoms with Crippen LogP contribution in [0, 0.1) is 0 Å². The Hall–Kier alpha value is -2.92. The Morgan fingerprint density at radius 3 is 2.55 bits per heavy atom. The number of imidazole rings is 1. The van der Waals surface area contributed by atoms with Crippen molar-refractivity contribution in [2.45, 2.75) is 32.7 Å². The topological polar surface area (TPSA) is 61.2 Å². The van der Waals surface area contributed by atoms with Gasteiger partial charge in [0.1, 0.15) is 11.5 Å². The van der Waals surface area contributed by atoms with Gasteiger partial charge in [-0.3, -0.25) is 4.79 Å². The van der Waals surface area contributed by atoms with Crippen LogP contribution >= 0.6 is 11.6 Å². The quantitative estimate of drug-likeness (QED) is 0.378. The summed E-state index contributed by atoms with van der Waals surface area (Å²) in [6, 6.07) is 15.2.